The lowest BCUT2D eigenvalue weighted by atomic mass is 9.83. The van der Waals surface area contributed by atoms with Gasteiger partial charge >= 0.3 is 7.12 Å². The molecule has 104 heavy (non-hydrogen) atoms. The van der Waals surface area contributed by atoms with Crippen LogP contribution in [0.25, 0.3) is 176 Å². The number of imidazole rings is 2. The number of benzene rings is 14. The molecule has 1 saturated heterocycles. The molecule has 0 aliphatic carbocycles. The van der Waals surface area contributed by atoms with Crippen LogP contribution in [0.4, 0.5) is 0 Å². The van der Waals surface area contributed by atoms with Crippen molar-refractivity contribution in [2.24, 2.45) is 0 Å². The second-order valence-electron chi connectivity index (χ2n) is 27.2. The van der Waals surface area contributed by atoms with Crippen LogP contribution in [0.5, 0.6) is 0 Å². The van der Waals surface area contributed by atoms with Crippen molar-refractivity contribution in [2.75, 3.05) is 0 Å². The zero-order valence-electron chi connectivity index (χ0n) is 66.9. The predicted molar refractivity (Wildman–Crippen MR) is 438 cm³/mol. The molecular formula is C94H66BBrN6O2. The highest BCUT2D eigenvalue weighted by atomic mass is 79.9. The van der Waals surface area contributed by atoms with Gasteiger partial charge in [0.05, 0.1) is 69.3 Å². The van der Waals surface area contributed by atoms with Gasteiger partial charge in [-0.3, -0.25) is 18.8 Å². The van der Waals surface area contributed by atoms with Crippen molar-refractivity contribution in [2.45, 2.75) is 38.9 Å². The second-order valence-corrected chi connectivity index (χ2v) is 28.1. The molecule has 8 nitrogen and oxygen atoms in total. The van der Waals surface area contributed by atoms with E-state index < -0.39 is 24.4 Å². The molecular weight excluding hydrogens is 1340 g/mol. The Morgan fingerprint density at radius 3 is 1.07 bits per heavy atom. The first kappa shape index (κ1) is 52.8. The van der Waals surface area contributed by atoms with Crippen molar-refractivity contribution in [1.82, 2.24) is 28.7 Å². The summed E-state index contributed by atoms with van der Waals surface area (Å²) in [6, 6.07) is 82.6. The molecule has 20 aromatic rings. The SMILES string of the molecule is CC1(C)OB(c2cc3c(cn2)c2ccccc2n2c4ccccc4nc32)OC1(C)C.[2H]c1c([2H])c([2H])c(-c2c3ccccc3c(-c3ccc(-c4cc5c(cn4)c4ccccc4n4c6ccccc6nc54)cc3)c3ccccc23)c([2H])c1[2H].[2H]c1c([2H])c([2H])c(-c2c3ccccc3c(-c3ccc(Br)cc3)c3ccccc23)c([2H])c1[2H]. The lowest BCUT2D eigenvalue weighted by Gasteiger charge is -2.32. The van der Waals surface area contributed by atoms with Crippen LogP contribution < -0.4 is 5.59 Å². The molecule has 1 aliphatic rings. The highest BCUT2D eigenvalue weighted by molar-refractivity contribution is 9.10. The van der Waals surface area contributed by atoms with Gasteiger partial charge in [0, 0.05) is 54.7 Å². The Bertz CT molecular complexity index is 7300. The number of hydrogen-bond acceptors (Lipinski definition) is 6. The zero-order chi connectivity index (χ0) is 78.5. The molecule has 1 fully saturated rings. The van der Waals surface area contributed by atoms with Crippen molar-refractivity contribution in [1.29, 1.82) is 0 Å². The first-order valence-electron chi connectivity index (χ1n) is 39.6. The third-order valence-electron chi connectivity index (χ3n) is 20.8. The summed E-state index contributed by atoms with van der Waals surface area (Å²) in [7, 11) is -0.504. The first-order chi connectivity index (χ1) is 55.2. The van der Waals surface area contributed by atoms with E-state index in [1.165, 1.54) is 0 Å². The number of hydrogen-bond donors (Lipinski definition) is 0. The van der Waals surface area contributed by atoms with Gasteiger partial charge in [0.2, 0.25) is 0 Å². The molecule has 1 aliphatic heterocycles. The lowest BCUT2D eigenvalue weighted by molar-refractivity contribution is 0.00578. The molecule has 0 bridgehead atoms. The highest BCUT2D eigenvalue weighted by Gasteiger charge is 2.52. The number of para-hydroxylation sites is 6. The van der Waals surface area contributed by atoms with Gasteiger partial charge in [-0.2, -0.15) is 0 Å². The van der Waals surface area contributed by atoms with Gasteiger partial charge in [-0.25, -0.2) is 9.97 Å². The lowest BCUT2D eigenvalue weighted by Crippen LogP contribution is -2.41. The largest absolute Gasteiger partial charge is 0.514 e. The van der Waals surface area contributed by atoms with Gasteiger partial charge in [0.15, 0.2) is 0 Å². The molecule has 0 amide bonds. The van der Waals surface area contributed by atoms with Crippen LogP contribution in [0.2, 0.25) is 0 Å². The van der Waals surface area contributed by atoms with Gasteiger partial charge in [-0.1, -0.05) is 270 Å². The standard InChI is InChI=1S/C44H27N3.C26H17Br.C24H22BN3O2/c1-2-12-29(13-3-1)42-32-15-4-6-17-34(32)43(35-18-7-5-16-33(35)42)30-24-22-28(23-25-30)39-26-36-37(27-45-39)31-14-8-10-20-40(31)47-41-21-11-9-19-38(41)46-44(36)47;27-20-16-14-19(15-17-20)26-23-12-6-4-10-21(23)25(18-8-2-1-3-9-18)22-11-5-7-13-24(22)26;1-23(2)24(3,4)30-25(29-23)21-13-16-17(14-26-21)15-9-5-7-11-19(15)28-20-12-8-6-10-18(20)27-22(16)28/h1-27H;1-17H;5-14H,1-4H3/i1D,2D,3D,12D,13D;1D,2D,3D,8D,9D;. The van der Waals surface area contributed by atoms with E-state index in [2.05, 4.69) is 174 Å². The Morgan fingerprint density at radius 2 is 0.654 bits per heavy atom. The van der Waals surface area contributed by atoms with Crippen LogP contribution in [0.3, 0.4) is 0 Å². The zero-order valence-corrected chi connectivity index (χ0v) is 58.4. The van der Waals surface area contributed by atoms with Crippen molar-refractivity contribution in [3.63, 3.8) is 0 Å². The number of halogens is 1. The molecule has 0 N–H and O–H groups in total. The Hall–Kier alpha value is -12.2. The normalized spacial score (nSPS) is 14.8. The average Bonchev–Trinajstić information content (AvgIpc) is 1.08. The maximum atomic E-state index is 8.83. The smallest absolute Gasteiger partial charge is 0.398 e. The third kappa shape index (κ3) is 10.4. The van der Waals surface area contributed by atoms with E-state index in [0.717, 1.165) is 163 Å². The minimum absolute atomic E-state index is 0.192. The fourth-order valence-electron chi connectivity index (χ4n) is 15.3. The minimum Gasteiger partial charge on any atom is -0.398 e. The maximum absolute atomic E-state index is 8.83. The summed E-state index contributed by atoms with van der Waals surface area (Å²) in [6.45, 7) is 8.23. The first-order valence-corrected chi connectivity index (χ1v) is 35.3. The topological polar surface area (TPSA) is 78.8 Å². The summed E-state index contributed by atoms with van der Waals surface area (Å²) in [5, 5.41) is 13.6. The van der Waals surface area contributed by atoms with Gasteiger partial charge in [0.25, 0.3) is 0 Å². The van der Waals surface area contributed by atoms with Gasteiger partial charge < -0.3 is 9.31 Å². The number of aromatic nitrogens is 6. The Kier molecular flexibility index (Phi) is 12.7. The Morgan fingerprint density at radius 1 is 0.327 bits per heavy atom. The summed E-state index contributed by atoms with van der Waals surface area (Å²) in [4.78, 5) is 19.7. The Labute approximate surface area is 623 Å². The molecule has 0 atom stereocenters. The van der Waals surface area contributed by atoms with E-state index in [1.54, 1.807) is 0 Å². The van der Waals surface area contributed by atoms with E-state index in [0.29, 0.717) is 11.1 Å². The van der Waals surface area contributed by atoms with E-state index in [-0.39, 0.29) is 65.5 Å². The number of fused-ring (bicyclic) bond motifs is 20. The highest BCUT2D eigenvalue weighted by Crippen LogP contribution is 2.47. The van der Waals surface area contributed by atoms with Crippen LogP contribution >= 0.6 is 15.9 Å². The predicted octanol–water partition coefficient (Wildman–Crippen LogP) is 24.1. The van der Waals surface area contributed by atoms with Crippen LogP contribution in [0, 0.1) is 0 Å². The van der Waals surface area contributed by atoms with Crippen molar-refractivity contribution in [3.05, 3.63) is 332 Å². The molecule has 10 heteroatoms. The molecule has 14 aromatic carbocycles. The van der Waals surface area contributed by atoms with Crippen LogP contribution in [0.1, 0.15) is 41.4 Å². The van der Waals surface area contributed by atoms with Crippen molar-refractivity contribution >= 4 is 148 Å². The number of rotatable bonds is 6. The third-order valence-corrected chi connectivity index (χ3v) is 21.3. The molecule has 0 radical (unpaired) electrons. The maximum Gasteiger partial charge on any atom is 0.514 e. The van der Waals surface area contributed by atoms with Crippen LogP contribution in [0.15, 0.2) is 332 Å². The van der Waals surface area contributed by atoms with Crippen molar-refractivity contribution in [3.8, 4) is 55.8 Å². The van der Waals surface area contributed by atoms with Gasteiger partial charge in [-0.15, -0.1) is 0 Å². The number of pyridine rings is 4. The number of nitrogens with zero attached hydrogens (tertiary/aromatic N) is 6. The molecule has 0 saturated carbocycles. The monoisotopic (exact) mass is 1410 g/mol. The average molecular weight is 1410 g/mol. The molecule has 0 unspecified atom stereocenters. The summed E-state index contributed by atoms with van der Waals surface area (Å²) < 4.78 is 102. The van der Waals surface area contributed by atoms with Crippen LogP contribution in [-0.2, 0) is 9.31 Å². The van der Waals surface area contributed by atoms with Crippen molar-refractivity contribution < 1.29 is 23.0 Å². The summed E-state index contributed by atoms with van der Waals surface area (Å²) in [5.74, 6) is 0. The van der Waals surface area contributed by atoms with E-state index in [1.807, 2.05) is 146 Å². The van der Waals surface area contributed by atoms with Crippen LogP contribution in [-0.4, -0.2) is 47.1 Å². The minimum atomic E-state index is -0.504. The molecule has 6 aromatic heterocycles. The Balaban J connectivity index is 0.000000121. The quantitative estimate of drug-likeness (QED) is 0.0938. The van der Waals surface area contributed by atoms with E-state index in [9.17, 15) is 0 Å². The molecule has 7 heterocycles. The fraction of sp³-hybridized carbons (Fsp3) is 0.0638. The van der Waals surface area contributed by atoms with E-state index in [4.69, 9.17) is 43.0 Å². The molecule has 494 valence electrons. The summed E-state index contributed by atoms with van der Waals surface area (Å²) in [6.07, 6.45) is 3.89. The summed E-state index contributed by atoms with van der Waals surface area (Å²) in [5.41, 5.74) is 15.7. The molecule has 0 spiro atoms. The molecule has 21 rings (SSSR count). The van der Waals surface area contributed by atoms with Gasteiger partial charge in [-0.05, 0) is 176 Å². The fourth-order valence-corrected chi connectivity index (χ4v) is 15.5. The second kappa shape index (κ2) is 25.1. The van der Waals surface area contributed by atoms with E-state index >= 15 is 0 Å². The summed E-state index contributed by atoms with van der Waals surface area (Å²) >= 11 is 3.50. The van der Waals surface area contributed by atoms with Gasteiger partial charge in [0.1, 0.15) is 11.3 Å².